The fraction of sp³-hybridized carbons (Fsp3) is 0.571. The van der Waals surface area contributed by atoms with Gasteiger partial charge in [0.05, 0.1) is 18.1 Å². The summed E-state index contributed by atoms with van der Waals surface area (Å²) in [7, 11) is 0. The van der Waals surface area contributed by atoms with Crippen LogP contribution in [0.3, 0.4) is 0 Å². The zero-order valence-electron chi connectivity index (χ0n) is 17.5. The van der Waals surface area contributed by atoms with E-state index in [1.54, 1.807) is 0 Å². The number of carbonyl (C=O) groups excluding carboxylic acids is 2. The summed E-state index contributed by atoms with van der Waals surface area (Å²) in [5, 5.41) is 29.8. The van der Waals surface area contributed by atoms with Crippen LogP contribution in [-0.4, -0.2) is 63.8 Å². The van der Waals surface area contributed by atoms with E-state index in [2.05, 4.69) is 46.9 Å². The van der Waals surface area contributed by atoms with E-state index in [9.17, 15) is 19.8 Å². The van der Waals surface area contributed by atoms with Gasteiger partial charge in [-0.15, -0.1) is 0 Å². The van der Waals surface area contributed by atoms with Crippen LogP contribution < -0.4 is 16.0 Å². The monoisotopic (exact) mass is 434 g/mol. The number of aliphatic hydroxyl groups is 2. The van der Waals surface area contributed by atoms with Gasteiger partial charge in [-0.3, -0.25) is 14.6 Å². The summed E-state index contributed by atoms with van der Waals surface area (Å²) in [6.07, 6.45) is -1.84. The first kappa shape index (κ1) is 22.6. The Bertz CT molecular complexity index is 799. The molecule has 164 valence electrons. The van der Waals surface area contributed by atoms with Gasteiger partial charge in [-0.05, 0) is 30.0 Å². The van der Waals surface area contributed by atoms with Crippen LogP contribution in [0, 0.1) is 5.92 Å². The number of fused-ring (bicyclic) bond motifs is 1. The molecule has 5 atom stereocenters. The van der Waals surface area contributed by atoms with E-state index < -0.39 is 24.2 Å². The quantitative estimate of drug-likeness (QED) is 0.427. The smallest absolute Gasteiger partial charge is 0.224 e. The third kappa shape index (κ3) is 5.33. The minimum atomic E-state index is -1.01. The van der Waals surface area contributed by atoms with Crippen LogP contribution in [-0.2, 0) is 9.59 Å². The summed E-state index contributed by atoms with van der Waals surface area (Å²) in [5.41, 5.74) is 2.13. The van der Waals surface area contributed by atoms with E-state index in [0.29, 0.717) is 24.2 Å². The number of anilines is 1. The Morgan fingerprint density at radius 3 is 2.47 bits per heavy atom. The molecule has 0 spiro atoms. The van der Waals surface area contributed by atoms with E-state index in [-0.39, 0.29) is 23.5 Å². The number of rotatable bonds is 6. The van der Waals surface area contributed by atoms with E-state index >= 15 is 0 Å². The second-order valence-electron chi connectivity index (χ2n) is 8.08. The number of carbonyl (C=O) groups is 2. The van der Waals surface area contributed by atoms with Gasteiger partial charge in [0.25, 0.3) is 0 Å². The lowest BCUT2D eigenvalue weighted by molar-refractivity contribution is -0.129. The normalized spacial score (nSPS) is 27.9. The highest BCUT2D eigenvalue weighted by atomic mass is 32.2. The molecule has 5 N–H and O–H groups in total. The number of amides is 2. The lowest BCUT2D eigenvalue weighted by Crippen LogP contribution is -2.54. The average Bonchev–Trinajstić information content (AvgIpc) is 3.12. The first-order valence-electron chi connectivity index (χ1n) is 10.3. The fourth-order valence-corrected chi connectivity index (χ4v) is 5.12. The molecule has 0 radical (unpaired) electrons. The van der Waals surface area contributed by atoms with Crippen molar-refractivity contribution in [2.24, 2.45) is 10.9 Å². The maximum atomic E-state index is 12.7. The van der Waals surface area contributed by atoms with Gasteiger partial charge in [0, 0.05) is 31.0 Å². The predicted octanol–water partition coefficient (Wildman–Crippen LogP) is 1.06. The number of aliphatic imine (C=N–C) groups is 1. The fourth-order valence-electron chi connectivity index (χ4n) is 3.74. The van der Waals surface area contributed by atoms with Gasteiger partial charge in [0.1, 0.15) is 6.10 Å². The Morgan fingerprint density at radius 1 is 1.17 bits per heavy atom. The molecule has 1 aromatic rings. The predicted molar refractivity (Wildman–Crippen MR) is 119 cm³/mol. The number of amidine groups is 1. The van der Waals surface area contributed by atoms with Crippen molar-refractivity contribution in [2.45, 2.75) is 56.6 Å². The van der Waals surface area contributed by atoms with E-state index in [4.69, 9.17) is 0 Å². The molecule has 1 aliphatic heterocycles. The molecule has 1 aromatic carbocycles. The summed E-state index contributed by atoms with van der Waals surface area (Å²) >= 11 is 1.42. The van der Waals surface area contributed by atoms with Crippen molar-refractivity contribution in [3.8, 4) is 0 Å². The van der Waals surface area contributed by atoms with Crippen LogP contribution in [0.15, 0.2) is 29.3 Å². The molecule has 2 aliphatic rings. The van der Waals surface area contributed by atoms with Crippen molar-refractivity contribution in [3.05, 3.63) is 29.8 Å². The molecular formula is C21H30N4O4S. The Kier molecular flexibility index (Phi) is 7.38. The highest BCUT2D eigenvalue weighted by Crippen LogP contribution is 2.41. The molecule has 0 saturated heterocycles. The van der Waals surface area contributed by atoms with Crippen molar-refractivity contribution in [2.75, 3.05) is 18.4 Å². The van der Waals surface area contributed by atoms with Gasteiger partial charge in [-0.2, -0.15) is 0 Å². The highest BCUT2D eigenvalue weighted by Gasteiger charge is 2.50. The number of nitrogens with one attached hydrogen (secondary N) is 3. The maximum absolute atomic E-state index is 12.7. The number of nitrogens with zero attached hydrogens (tertiary/aromatic N) is 1. The zero-order chi connectivity index (χ0) is 21.8. The van der Waals surface area contributed by atoms with Gasteiger partial charge < -0.3 is 26.2 Å². The molecular weight excluding hydrogens is 404 g/mol. The van der Waals surface area contributed by atoms with Gasteiger partial charge >= 0.3 is 0 Å². The highest BCUT2D eigenvalue weighted by molar-refractivity contribution is 8.15. The van der Waals surface area contributed by atoms with Crippen molar-refractivity contribution < 1.29 is 19.8 Å². The minimum absolute atomic E-state index is 0.155. The number of hydrogen-bond donors (Lipinski definition) is 5. The Labute approximate surface area is 180 Å². The van der Waals surface area contributed by atoms with Crippen LogP contribution in [0.5, 0.6) is 0 Å². The largest absolute Gasteiger partial charge is 0.390 e. The molecule has 0 bridgehead atoms. The third-order valence-electron chi connectivity index (χ3n) is 5.45. The second-order valence-corrected chi connectivity index (χ2v) is 9.25. The van der Waals surface area contributed by atoms with Crippen molar-refractivity contribution in [1.29, 1.82) is 0 Å². The maximum Gasteiger partial charge on any atom is 0.224 e. The molecule has 30 heavy (non-hydrogen) atoms. The van der Waals surface area contributed by atoms with Crippen LogP contribution in [0.1, 0.15) is 38.7 Å². The number of benzene rings is 1. The topological polar surface area (TPSA) is 123 Å². The van der Waals surface area contributed by atoms with Gasteiger partial charge in [0.15, 0.2) is 5.17 Å². The van der Waals surface area contributed by atoms with Crippen molar-refractivity contribution in [3.63, 3.8) is 0 Å². The molecule has 1 aliphatic carbocycles. The summed E-state index contributed by atoms with van der Waals surface area (Å²) in [5.74, 6) is -0.396. The van der Waals surface area contributed by atoms with E-state index in [0.717, 1.165) is 5.69 Å². The summed E-state index contributed by atoms with van der Waals surface area (Å²) in [6, 6.07) is 7.53. The lowest BCUT2D eigenvalue weighted by Gasteiger charge is -2.37. The average molecular weight is 435 g/mol. The molecule has 1 fully saturated rings. The summed E-state index contributed by atoms with van der Waals surface area (Å²) in [6.45, 7) is 6.35. The number of hydrogen-bond acceptors (Lipinski definition) is 7. The van der Waals surface area contributed by atoms with E-state index in [1.807, 2.05) is 12.1 Å². The first-order valence-corrected chi connectivity index (χ1v) is 11.1. The first-order chi connectivity index (χ1) is 14.3. The molecule has 3 rings (SSSR count). The van der Waals surface area contributed by atoms with Crippen LogP contribution in [0.4, 0.5) is 5.69 Å². The number of thioether (sulfide) groups is 1. The zero-order valence-corrected chi connectivity index (χ0v) is 18.3. The molecule has 2 amide bonds. The van der Waals surface area contributed by atoms with Crippen LogP contribution >= 0.6 is 11.8 Å². The summed E-state index contributed by atoms with van der Waals surface area (Å²) < 4.78 is 0. The molecule has 0 aromatic heterocycles. The number of aliphatic hydroxyl groups excluding tert-OH is 2. The molecule has 0 unspecified atom stereocenters. The molecule has 8 nitrogen and oxygen atoms in total. The minimum Gasteiger partial charge on any atom is -0.390 e. The van der Waals surface area contributed by atoms with Crippen molar-refractivity contribution >= 4 is 34.4 Å². The lowest BCUT2D eigenvalue weighted by atomic mass is 9.81. The van der Waals surface area contributed by atoms with Crippen LogP contribution in [0.25, 0.3) is 0 Å². The standard InChI is InChI=1S/C21H30N4O4S/c1-11(2)13-4-6-14(7-5-13)24-21-25-17-18(28)16(27)10-15(19(17)30-21)20(29)23-9-8-22-12(3)26/h4-7,11,15-19,27-28H,8-10H2,1-3H3,(H,22,26)(H,23,29)(H,24,25)/t15-,16+,17-,18-,19+/m0/s1. The molecule has 9 heteroatoms. The van der Waals surface area contributed by atoms with Gasteiger partial charge in [0.2, 0.25) is 11.8 Å². The Morgan fingerprint density at radius 2 is 1.83 bits per heavy atom. The SMILES string of the molecule is CC(=O)NCCNC(=O)[C@H]1C[C@@H](O)[C@H](O)[C@@H]2N=C(Nc3ccc(C(C)C)cc3)S[C@@H]21. The Hall–Kier alpha value is -2.10. The van der Waals surface area contributed by atoms with Crippen molar-refractivity contribution in [1.82, 2.24) is 10.6 Å². The third-order valence-corrected chi connectivity index (χ3v) is 6.76. The molecule has 1 heterocycles. The molecule has 1 saturated carbocycles. The van der Waals surface area contributed by atoms with E-state index in [1.165, 1.54) is 24.2 Å². The second kappa shape index (κ2) is 9.80. The van der Waals surface area contributed by atoms with Gasteiger partial charge in [-0.25, -0.2) is 0 Å². The van der Waals surface area contributed by atoms with Crippen LogP contribution in [0.2, 0.25) is 0 Å². The Balaban J connectivity index is 1.64. The summed E-state index contributed by atoms with van der Waals surface area (Å²) in [4.78, 5) is 28.2. The van der Waals surface area contributed by atoms with Gasteiger partial charge in [-0.1, -0.05) is 37.7 Å².